The normalized spacial score (nSPS) is 10.1. The van der Waals surface area contributed by atoms with Crippen molar-refractivity contribution < 1.29 is 23.8 Å². The summed E-state index contributed by atoms with van der Waals surface area (Å²) in [5.41, 5.74) is 1.95. The number of nitrogens with one attached hydrogen (secondary N) is 1. The second-order valence-electron chi connectivity index (χ2n) is 6.15. The molecule has 0 atom stereocenters. The molecule has 0 saturated heterocycles. The zero-order chi connectivity index (χ0) is 20.5. The average Bonchev–Trinajstić information content (AvgIpc) is 2.77. The molecule has 0 unspecified atom stereocenters. The summed E-state index contributed by atoms with van der Waals surface area (Å²) in [6.45, 7) is 0.0530. The molecule has 0 aliphatic heterocycles. The van der Waals surface area contributed by atoms with E-state index in [0.29, 0.717) is 22.7 Å². The summed E-state index contributed by atoms with van der Waals surface area (Å²) < 4.78 is 15.9. The predicted octanol–water partition coefficient (Wildman–Crippen LogP) is 4.07. The Morgan fingerprint density at radius 3 is 2.34 bits per heavy atom. The van der Waals surface area contributed by atoms with Crippen molar-refractivity contribution in [1.82, 2.24) is 0 Å². The van der Waals surface area contributed by atoms with Crippen LogP contribution < -0.4 is 14.8 Å². The number of amides is 1. The van der Waals surface area contributed by atoms with E-state index in [4.69, 9.17) is 14.2 Å². The molecule has 0 aliphatic carbocycles. The molecule has 0 radical (unpaired) electrons. The zero-order valence-electron chi connectivity index (χ0n) is 16.0. The van der Waals surface area contributed by atoms with Crippen LogP contribution in [0.5, 0.6) is 11.5 Å². The number of esters is 1. The lowest BCUT2D eigenvalue weighted by atomic mass is 10.2. The van der Waals surface area contributed by atoms with Gasteiger partial charge in [0.05, 0.1) is 12.7 Å². The van der Waals surface area contributed by atoms with Gasteiger partial charge in [-0.2, -0.15) is 0 Å². The zero-order valence-corrected chi connectivity index (χ0v) is 16.0. The molecule has 0 saturated carbocycles. The molecule has 6 heteroatoms. The number of methoxy groups -OCH3 is 1. The summed E-state index contributed by atoms with van der Waals surface area (Å²) in [5.74, 6) is 0.407. The molecule has 0 fully saturated rings. The van der Waals surface area contributed by atoms with Crippen molar-refractivity contribution in [3.05, 3.63) is 90.0 Å². The molecule has 3 aromatic carbocycles. The Labute approximate surface area is 169 Å². The number of anilines is 1. The van der Waals surface area contributed by atoms with E-state index < -0.39 is 5.97 Å². The molecule has 148 valence electrons. The van der Waals surface area contributed by atoms with Gasteiger partial charge in [0.25, 0.3) is 5.91 Å². The van der Waals surface area contributed by atoms with Gasteiger partial charge in [0.15, 0.2) is 6.61 Å². The van der Waals surface area contributed by atoms with Crippen LogP contribution >= 0.6 is 0 Å². The minimum Gasteiger partial charge on any atom is -0.497 e. The lowest BCUT2D eigenvalue weighted by Crippen LogP contribution is -2.20. The molecule has 6 nitrogen and oxygen atoms in total. The summed E-state index contributed by atoms with van der Waals surface area (Å²) in [5, 5.41) is 2.73. The molecule has 3 aromatic rings. The lowest BCUT2D eigenvalue weighted by Gasteiger charge is -2.09. The molecule has 29 heavy (non-hydrogen) atoms. The highest BCUT2D eigenvalue weighted by molar-refractivity contribution is 5.92. The van der Waals surface area contributed by atoms with Crippen LogP contribution in [-0.2, 0) is 16.1 Å². The van der Waals surface area contributed by atoms with Gasteiger partial charge in [-0.3, -0.25) is 4.79 Å². The topological polar surface area (TPSA) is 73.9 Å². The number of carbonyl (C=O) groups excluding carboxylic acids is 2. The minimum atomic E-state index is -0.420. The average molecular weight is 391 g/mol. The Hall–Kier alpha value is -3.80. The maximum atomic E-state index is 12.1. The van der Waals surface area contributed by atoms with Crippen LogP contribution in [0.25, 0.3) is 0 Å². The van der Waals surface area contributed by atoms with Gasteiger partial charge < -0.3 is 19.5 Å². The van der Waals surface area contributed by atoms with Gasteiger partial charge in [0.1, 0.15) is 18.1 Å². The summed E-state index contributed by atoms with van der Waals surface area (Å²) in [4.78, 5) is 24.1. The largest absolute Gasteiger partial charge is 0.497 e. The monoisotopic (exact) mass is 391 g/mol. The van der Waals surface area contributed by atoms with Crippen LogP contribution in [0.2, 0.25) is 0 Å². The van der Waals surface area contributed by atoms with E-state index in [1.54, 1.807) is 55.6 Å². The molecular formula is C23H21NO5. The summed E-state index contributed by atoms with van der Waals surface area (Å²) in [6.07, 6.45) is 0. The van der Waals surface area contributed by atoms with Gasteiger partial charge >= 0.3 is 5.97 Å². The fourth-order valence-corrected chi connectivity index (χ4v) is 2.54. The van der Waals surface area contributed by atoms with E-state index in [2.05, 4.69) is 5.32 Å². The lowest BCUT2D eigenvalue weighted by molar-refractivity contribution is -0.118. The Bertz CT molecular complexity index is 955. The molecule has 1 N–H and O–H groups in total. The fraction of sp³-hybridized carbons (Fsp3) is 0.130. The van der Waals surface area contributed by atoms with E-state index in [-0.39, 0.29) is 19.1 Å². The number of carbonyl (C=O) groups is 2. The van der Waals surface area contributed by atoms with Crippen LogP contribution in [0.4, 0.5) is 5.69 Å². The van der Waals surface area contributed by atoms with E-state index in [0.717, 1.165) is 5.56 Å². The second-order valence-corrected chi connectivity index (χ2v) is 6.15. The summed E-state index contributed by atoms with van der Waals surface area (Å²) in [6, 6.07) is 23.0. The Morgan fingerprint density at radius 1 is 0.862 bits per heavy atom. The maximum Gasteiger partial charge on any atom is 0.338 e. The van der Waals surface area contributed by atoms with Crippen LogP contribution in [0.15, 0.2) is 78.9 Å². The number of hydrogen-bond acceptors (Lipinski definition) is 5. The smallest absolute Gasteiger partial charge is 0.338 e. The maximum absolute atomic E-state index is 12.1. The van der Waals surface area contributed by atoms with Crippen molar-refractivity contribution in [3.63, 3.8) is 0 Å². The van der Waals surface area contributed by atoms with Gasteiger partial charge in [-0.1, -0.05) is 36.4 Å². The quantitative estimate of drug-likeness (QED) is 0.586. The van der Waals surface area contributed by atoms with Crippen molar-refractivity contribution in [3.8, 4) is 11.5 Å². The molecular weight excluding hydrogens is 370 g/mol. The van der Waals surface area contributed by atoms with Crippen LogP contribution in [0, 0.1) is 0 Å². The van der Waals surface area contributed by atoms with E-state index in [9.17, 15) is 9.59 Å². The Balaban J connectivity index is 1.47. The molecule has 0 heterocycles. The third kappa shape index (κ3) is 6.10. The van der Waals surface area contributed by atoms with Gasteiger partial charge in [-0.25, -0.2) is 4.79 Å². The highest BCUT2D eigenvalue weighted by Gasteiger charge is 2.09. The summed E-state index contributed by atoms with van der Waals surface area (Å²) >= 11 is 0. The van der Waals surface area contributed by atoms with E-state index in [1.165, 1.54) is 0 Å². The molecule has 3 rings (SSSR count). The molecule has 0 aromatic heterocycles. The first-order valence-corrected chi connectivity index (χ1v) is 9.02. The Morgan fingerprint density at radius 2 is 1.62 bits per heavy atom. The first-order valence-electron chi connectivity index (χ1n) is 9.02. The molecule has 0 aliphatic rings. The standard InChI is InChI=1S/C23H21NO5/c1-27-21-9-5-8-19(14-21)24-22(25)16-28-20-12-10-18(11-13-20)23(26)29-15-17-6-3-2-4-7-17/h2-14H,15-16H2,1H3,(H,24,25). The van der Waals surface area contributed by atoms with Gasteiger partial charge in [0, 0.05) is 11.8 Å². The van der Waals surface area contributed by atoms with Crippen molar-refractivity contribution in [2.75, 3.05) is 19.0 Å². The molecule has 1 amide bonds. The van der Waals surface area contributed by atoms with Crippen LogP contribution in [0.3, 0.4) is 0 Å². The van der Waals surface area contributed by atoms with Gasteiger partial charge in [-0.15, -0.1) is 0 Å². The van der Waals surface area contributed by atoms with Crippen molar-refractivity contribution in [2.45, 2.75) is 6.61 Å². The highest BCUT2D eigenvalue weighted by atomic mass is 16.5. The molecule has 0 spiro atoms. The first kappa shape index (κ1) is 19.9. The number of rotatable bonds is 8. The van der Waals surface area contributed by atoms with Crippen LogP contribution in [0.1, 0.15) is 15.9 Å². The number of ether oxygens (including phenoxy) is 3. The second kappa shape index (κ2) is 9.94. The fourth-order valence-electron chi connectivity index (χ4n) is 2.54. The van der Waals surface area contributed by atoms with E-state index in [1.807, 2.05) is 30.3 Å². The SMILES string of the molecule is COc1cccc(NC(=O)COc2ccc(C(=O)OCc3ccccc3)cc2)c1. The summed E-state index contributed by atoms with van der Waals surface area (Å²) in [7, 11) is 1.56. The van der Waals surface area contributed by atoms with Crippen molar-refractivity contribution in [1.29, 1.82) is 0 Å². The number of hydrogen-bond donors (Lipinski definition) is 1. The van der Waals surface area contributed by atoms with Crippen LogP contribution in [-0.4, -0.2) is 25.6 Å². The predicted molar refractivity (Wildman–Crippen MR) is 109 cm³/mol. The third-order valence-corrected chi connectivity index (χ3v) is 4.03. The van der Waals surface area contributed by atoms with Gasteiger partial charge in [-0.05, 0) is 42.0 Å². The number of benzene rings is 3. The third-order valence-electron chi connectivity index (χ3n) is 4.03. The van der Waals surface area contributed by atoms with Gasteiger partial charge in [0.2, 0.25) is 0 Å². The highest BCUT2D eigenvalue weighted by Crippen LogP contribution is 2.17. The molecule has 0 bridgehead atoms. The minimum absolute atomic E-state index is 0.158. The Kier molecular flexibility index (Phi) is 6.84. The van der Waals surface area contributed by atoms with Crippen molar-refractivity contribution >= 4 is 17.6 Å². The first-order chi connectivity index (χ1) is 14.1. The van der Waals surface area contributed by atoms with Crippen molar-refractivity contribution in [2.24, 2.45) is 0 Å². The van der Waals surface area contributed by atoms with E-state index >= 15 is 0 Å².